The minimum Gasteiger partial charge on any atom is -0.349 e. The van der Waals surface area contributed by atoms with E-state index in [2.05, 4.69) is 25.9 Å². The maximum atomic E-state index is 12.7. The van der Waals surface area contributed by atoms with Gasteiger partial charge in [0.15, 0.2) is 0 Å². The molecule has 1 aliphatic heterocycles. The summed E-state index contributed by atoms with van der Waals surface area (Å²) in [6, 6.07) is 9.94. The Morgan fingerprint density at radius 3 is 2.85 bits per heavy atom. The van der Waals surface area contributed by atoms with Crippen LogP contribution in [-0.2, 0) is 18.4 Å². The number of nitrogens with one attached hydrogen (secondary N) is 2. The molecule has 1 fully saturated rings. The Hall–Kier alpha value is -2.29. The zero-order chi connectivity index (χ0) is 17.9. The van der Waals surface area contributed by atoms with Crippen LogP contribution in [0.1, 0.15) is 16.5 Å². The number of rotatable bonds is 5. The Balaban J connectivity index is 0.00000210. The monoisotopic (exact) mass is 404 g/mol. The molecule has 27 heavy (non-hydrogen) atoms. The summed E-state index contributed by atoms with van der Waals surface area (Å²) in [6.45, 7) is 1.87. The van der Waals surface area contributed by atoms with Gasteiger partial charge in [-0.15, -0.1) is 22.6 Å². The van der Waals surface area contributed by atoms with E-state index in [1.54, 1.807) is 4.68 Å². The van der Waals surface area contributed by atoms with E-state index in [1.165, 1.54) is 11.3 Å². The van der Waals surface area contributed by atoms with Crippen molar-refractivity contribution in [3.05, 3.63) is 53.3 Å². The average Bonchev–Trinajstić information content (AvgIpc) is 3.40. The van der Waals surface area contributed by atoms with Crippen molar-refractivity contribution in [3.8, 4) is 10.6 Å². The van der Waals surface area contributed by atoms with E-state index < -0.39 is 0 Å². The zero-order valence-electron chi connectivity index (χ0n) is 14.8. The molecular weight excluding hydrogens is 384 g/mol. The number of nitrogens with zero attached hydrogens (tertiary/aromatic N) is 4. The minimum atomic E-state index is -0.0966. The summed E-state index contributed by atoms with van der Waals surface area (Å²) in [7, 11) is 1.89. The van der Waals surface area contributed by atoms with Crippen LogP contribution < -0.4 is 10.6 Å². The van der Waals surface area contributed by atoms with Crippen LogP contribution >= 0.6 is 23.7 Å². The topological polar surface area (TPSA) is 84.7 Å². The van der Waals surface area contributed by atoms with Crippen molar-refractivity contribution in [3.63, 3.8) is 0 Å². The van der Waals surface area contributed by atoms with Gasteiger partial charge >= 0.3 is 0 Å². The molecule has 2 atom stereocenters. The second kappa shape index (κ2) is 8.60. The number of benzene rings is 1. The summed E-state index contributed by atoms with van der Waals surface area (Å²) in [5.41, 5.74) is 2.14. The van der Waals surface area contributed by atoms with E-state index in [1.807, 2.05) is 49.8 Å². The van der Waals surface area contributed by atoms with Crippen molar-refractivity contribution in [1.29, 1.82) is 0 Å². The number of aromatic nitrogens is 4. The third kappa shape index (κ3) is 4.35. The lowest BCUT2D eigenvalue weighted by atomic mass is 9.90. The Kier molecular flexibility index (Phi) is 6.20. The Morgan fingerprint density at radius 1 is 1.30 bits per heavy atom. The first-order valence-corrected chi connectivity index (χ1v) is 9.37. The fourth-order valence-electron chi connectivity index (χ4n) is 3.25. The van der Waals surface area contributed by atoms with Gasteiger partial charge in [-0.25, -0.2) is 0 Å². The average molecular weight is 405 g/mol. The molecule has 7 nitrogen and oxygen atoms in total. The van der Waals surface area contributed by atoms with Crippen LogP contribution in [0.3, 0.4) is 0 Å². The molecule has 1 aromatic carbocycles. The van der Waals surface area contributed by atoms with Gasteiger partial charge in [-0.3, -0.25) is 9.48 Å². The number of carbonyl (C=O) groups is 1. The lowest BCUT2D eigenvalue weighted by Gasteiger charge is -2.16. The van der Waals surface area contributed by atoms with E-state index in [4.69, 9.17) is 0 Å². The SMILES string of the molecule is Cl.Cn1cc([C@H]2CNC[C@@H]2C(=O)NCc2nnc(-c3ccccc3)s2)cn1. The molecule has 4 rings (SSSR count). The number of hydrogen-bond acceptors (Lipinski definition) is 6. The van der Waals surface area contributed by atoms with Crippen molar-refractivity contribution < 1.29 is 4.79 Å². The highest BCUT2D eigenvalue weighted by atomic mass is 35.5. The number of carbonyl (C=O) groups excluding carboxylic acids is 1. The molecule has 2 aromatic heterocycles. The van der Waals surface area contributed by atoms with E-state index in [-0.39, 0.29) is 30.2 Å². The molecule has 0 unspecified atom stereocenters. The van der Waals surface area contributed by atoms with Crippen molar-refractivity contribution >= 4 is 29.7 Å². The lowest BCUT2D eigenvalue weighted by Crippen LogP contribution is -2.33. The molecule has 142 valence electrons. The van der Waals surface area contributed by atoms with Gasteiger partial charge in [-0.1, -0.05) is 41.7 Å². The van der Waals surface area contributed by atoms with Gasteiger partial charge in [0.25, 0.3) is 0 Å². The number of aryl methyl sites for hydroxylation is 1. The first-order valence-electron chi connectivity index (χ1n) is 8.55. The molecule has 3 aromatic rings. The van der Waals surface area contributed by atoms with E-state index in [0.29, 0.717) is 13.1 Å². The zero-order valence-corrected chi connectivity index (χ0v) is 16.5. The molecule has 2 N–H and O–H groups in total. The molecule has 1 aliphatic rings. The summed E-state index contributed by atoms with van der Waals surface area (Å²) in [5.74, 6) is 0.0963. The first-order chi connectivity index (χ1) is 12.7. The Morgan fingerprint density at radius 2 is 2.11 bits per heavy atom. The fourth-order valence-corrected chi connectivity index (χ4v) is 4.04. The Labute approximate surface area is 167 Å². The van der Waals surface area contributed by atoms with Crippen molar-refractivity contribution in [2.75, 3.05) is 13.1 Å². The number of halogens is 1. The molecule has 1 saturated heterocycles. The second-order valence-corrected chi connectivity index (χ2v) is 7.47. The maximum absolute atomic E-state index is 12.7. The van der Waals surface area contributed by atoms with Gasteiger partial charge in [0.1, 0.15) is 10.0 Å². The predicted octanol–water partition coefficient (Wildman–Crippen LogP) is 1.98. The fraction of sp³-hybridized carbons (Fsp3) is 0.333. The second-order valence-electron chi connectivity index (χ2n) is 6.40. The summed E-state index contributed by atoms with van der Waals surface area (Å²) in [5, 5.41) is 20.6. The largest absolute Gasteiger partial charge is 0.349 e. The maximum Gasteiger partial charge on any atom is 0.225 e. The van der Waals surface area contributed by atoms with Crippen LogP contribution in [0.5, 0.6) is 0 Å². The van der Waals surface area contributed by atoms with E-state index >= 15 is 0 Å². The molecule has 0 aliphatic carbocycles. The standard InChI is InChI=1S/C18H20N6OS.ClH/c1-24-11-13(7-21-24)14-8-19-9-15(14)17(25)20-10-16-22-23-18(26-16)12-5-3-2-4-6-12;/h2-7,11,14-15,19H,8-10H2,1H3,(H,20,25);1H/t14-,15+;/m1./s1. The number of amides is 1. The number of hydrogen-bond donors (Lipinski definition) is 2. The molecule has 0 bridgehead atoms. The van der Waals surface area contributed by atoms with Crippen molar-refractivity contribution in [1.82, 2.24) is 30.6 Å². The van der Waals surface area contributed by atoms with E-state index in [0.717, 1.165) is 27.7 Å². The molecule has 1 amide bonds. The van der Waals surface area contributed by atoms with Gasteiger partial charge in [-0.2, -0.15) is 5.10 Å². The minimum absolute atomic E-state index is 0. The third-order valence-corrected chi connectivity index (χ3v) is 5.58. The molecule has 9 heteroatoms. The predicted molar refractivity (Wildman–Crippen MR) is 107 cm³/mol. The van der Waals surface area contributed by atoms with Crippen LogP contribution in [-0.4, -0.2) is 39.0 Å². The quantitative estimate of drug-likeness (QED) is 0.679. The highest BCUT2D eigenvalue weighted by Gasteiger charge is 2.34. The third-order valence-electron chi connectivity index (χ3n) is 4.61. The highest BCUT2D eigenvalue weighted by Crippen LogP contribution is 2.28. The highest BCUT2D eigenvalue weighted by molar-refractivity contribution is 7.14. The summed E-state index contributed by atoms with van der Waals surface area (Å²) in [4.78, 5) is 12.7. The van der Waals surface area contributed by atoms with Crippen LogP contribution in [0.15, 0.2) is 42.7 Å². The van der Waals surface area contributed by atoms with Crippen molar-refractivity contribution in [2.24, 2.45) is 13.0 Å². The summed E-state index contributed by atoms with van der Waals surface area (Å²) >= 11 is 1.51. The van der Waals surface area contributed by atoms with Crippen LogP contribution in [0, 0.1) is 5.92 Å². The van der Waals surface area contributed by atoms with Gasteiger partial charge in [-0.05, 0) is 5.56 Å². The van der Waals surface area contributed by atoms with Crippen LogP contribution in [0.4, 0.5) is 0 Å². The van der Waals surface area contributed by atoms with Crippen LogP contribution in [0.2, 0.25) is 0 Å². The van der Waals surface area contributed by atoms with Gasteiger partial charge in [0, 0.05) is 37.8 Å². The summed E-state index contributed by atoms with van der Waals surface area (Å²) in [6.07, 6.45) is 3.82. The molecular formula is C18H21ClN6OS. The van der Waals surface area contributed by atoms with Gasteiger partial charge in [0.2, 0.25) is 5.91 Å². The van der Waals surface area contributed by atoms with Gasteiger partial charge < -0.3 is 10.6 Å². The lowest BCUT2D eigenvalue weighted by molar-refractivity contribution is -0.125. The Bertz CT molecular complexity index is 896. The smallest absolute Gasteiger partial charge is 0.225 e. The molecule has 0 radical (unpaired) electrons. The van der Waals surface area contributed by atoms with E-state index in [9.17, 15) is 4.79 Å². The van der Waals surface area contributed by atoms with Crippen LogP contribution in [0.25, 0.3) is 10.6 Å². The summed E-state index contributed by atoms with van der Waals surface area (Å²) < 4.78 is 1.77. The normalized spacial score (nSPS) is 18.9. The molecule has 0 saturated carbocycles. The molecule has 0 spiro atoms. The molecule has 3 heterocycles. The first kappa shape index (κ1) is 19.5. The van der Waals surface area contributed by atoms with Crippen molar-refractivity contribution in [2.45, 2.75) is 12.5 Å². The van der Waals surface area contributed by atoms with Gasteiger partial charge in [0.05, 0.1) is 18.7 Å².